The van der Waals surface area contributed by atoms with Gasteiger partial charge in [0.25, 0.3) is 0 Å². The number of aromatic carboxylic acids is 1. The van der Waals surface area contributed by atoms with Gasteiger partial charge in [0.05, 0.1) is 5.69 Å². The maximum absolute atomic E-state index is 14.6. The third-order valence-electron chi connectivity index (χ3n) is 4.06. The predicted octanol–water partition coefficient (Wildman–Crippen LogP) is 5.58. The molecule has 2 N–H and O–H groups in total. The summed E-state index contributed by atoms with van der Waals surface area (Å²) in [4.78, 5) is 15.4. The minimum absolute atomic E-state index is 0.00231. The Bertz CT molecular complexity index is 1080. The maximum Gasteiger partial charge on any atom is 0.422 e. The average molecular weight is 420 g/mol. The molecule has 30 heavy (non-hydrogen) atoms. The Morgan fingerprint density at radius 1 is 1.10 bits per heavy atom. The largest absolute Gasteiger partial charge is 0.484 e. The maximum atomic E-state index is 14.6. The summed E-state index contributed by atoms with van der Waals surface area (Å²) in [6.07, 6.45) is -4.46. The lowest BCUT2D eigenvalue weighted by Crippen LogP contribution is -2.19. The van der Waals surface area contributed by atoms with E-state index in [1.807, 2.05) is 0 Å². The van der Waals surface area contributed by atoms with Gasteiger partial charge in [-0.25, -0.2) is 14.2 Å². The van der Waals surface area contributed by atoms with Gasteiger partial charge in [0.2, 0.25) is 0 Å². The fourth-order valence-corrected chi connectivity index (χ4v) is 2.68. The highest BCUT2D eigenvalue weighted by molar-refractivity contribution is 5.94. The van der Waals surface area contributed by atoms with E-state index in [0.29, 0.717) is 16.8 Å². The fraction of sp³-hybridized carbons (Fsp3) is 0.143. The van der Waals surface area contributed by atoms with Gasteiger partial charge in [-0.3, -0.25) is 0 Å². The number of pyridine rings is 1. The first-order valence-electron chi connectivity index (χ1n) is 8.70. The number of ether oxygens (including phenoxy) is 1. The number of nitrogens with one attached hydrogen (secondary N) is 1. The van der Waals surface area contributed by atoms with E-state index in [-0.39, 0.29) is 22.8 Å². The van der Waals surface area contributed by atoms with Crippen molar-refractivity contribution in [3.05, 3.63) is 71.7 Å². The van der Waals surface area contributed by atoms with E-state index in [0.717, 1.165) is 0 Å². The molecule has 0 aliphatic heterocycles. The van der Waals surface area contributed by atoms with E-state index in [9.17, 15) is 27.5 Å². The Labute approximate surface area is 169 Å². The van der Waals surface area contributed by atoms with Crippen LogP contribution in [0.15, 0.2) is 54.6 Å². The molecule has 156 valence electrons. The van der Waals surface area contributed by atoms with Crippen molar-refractivity contribution in [3.63, 3.8) is 0 Å². The highest BCUT2D eigenvalue weighted by Crippen LogP contribution is 2.29. The van der Waals surface area contributed by atoms with Gasteiger partial charge in [0.15, 0.2) is 6.61 Å². The van der Waals surface area contributed by atoms with Gasteiger partial charge < -0.3 is 15.2 Å². The summed E-state index contributed by atoms with van der Waals surface area (Å²) in [5.41, 5.74) is 1.31. The lowest BCUT2D eigenvalue weighted by molar-refractivity contribution is -0.153. The second kappa shape index (κ2) is 8.40. The molecule has 0 saturated carbocycles. The van der Waals surface area contributed by atoms with Crippen molar-refractivity contribution in [2.45, 2.75) is 13.1 Å². The predicted molar refractivity (Wildman–Crippen MR) is 103 cm³/mol. The van der Waals surface area contributed by atoms with Crippen LogP contribution in [0.4, 0.5) is 29.1 Å². The first kappa shape index (κ1) is 21.1. The zero-order valence-corrected chi connectivity index (χ0v) is 15.6. The Kier molecular flexibility index (Phi) is 5.91. The third-order valence-corrected chi connectivity index (χ3v) is 4.06. The molecule has 3 rings (SSSR count). The van der Waals surface area contributed by atoms with E-state index >= 15 is 0 Å². The summed E-state index contributed by atoms with van der Waals surface area (Å²) in [6.45, 7) is 0.243. The van der Waals surface area contributed by atoms with Crippen molar-refractivity contribution in [1.29, 1.82) is 0 Å². The Morgan fingerprint density at radius 2 is 1.83 bits per heavy atom. The molecule has 1 aromatic heterocycles. The Hall–Kier alpha value is -3.62. The quantitative estimate of drug-likeness (QED) is 0.510. The number of alkyl halides is 3. The average Bonchev–Trinajstić information content (AvgIpc) is 2.67. The van der Waals surface area contributed by atoms with Gasteiger partial charge in [0.1, 0.15) is 22.9 Å². The van der Waals surface area contributed by atoms with E-state index in [2.05, 4.69) is 10.3 Å². The second-order valence-corrected chi connectivity index (χ2v) is 6.41. The zero-order valence-electron chi connectivity index (χ0n) is 15.6. The van der Waals surface area contributed by atoms with Gasteiger partial charge in [-0.05, 0) is 54.4 Å². The summed E-state index contributed by atoms with van der Waals surface area (Å²) in [7, 11) is 0. The molecule has 0 unspecified atom stereocenters. The molecule has 0 spiro atoms. The SMILES string of the molecule is Cc1ccc(C(=O)O)c(Nc2ccc(-c3cccc(OCC(F)(F)F)c3)cc2F)n1. The Morgan fingerprint density at radius 3 is 2.50 bits per heavy atom. The van der Waals surface area contributed by atoms with Crippen LogP contribution in [0.25, 0.3) is 11.1 Å². The molecule has 0 bridgehead atoms. The van der Waals surface area contributed by atoms with E-state index < -0.39 is 24.6 Å². The van der Waals surface area contributed by atoms with Crippen LogP contribution >= 0.6 is 0 Å². The molecule has 3 aromatic rings. The molecule has 0 radical (unpaired) electrons. The normalized spacial score (nSPS) is 11.2. The first-order chi connectivity index (χ1) is 14.1. The molecule has 2 aromatic carbocycles. The number of anilines is 2. The number of hydrogen-bond donors (Lipinski definition) is 2. The van der Waals surface area contributed by atoms with Crippen molar-refractivity contribution in [3.8, 4) is 16.9 Å². The van der Waals surface area contributed by atoms with Gasteiger partial charge in [-0.2, -0.15) is 13.2 Å². The molecule has 0 saturated heterocycles. The molecule has 0 fully saturated rings. The molecular formula is C21H16F4N2O3. The van der Waals surface area contributed by atoms with Gasteiger partial charge >= 0.3 is 12.1 Å². The Balaban J connectivity index is 1.85. The van der Waals surface area contributed by atoms with Crippen LogP contribution in [0.2, 0.25) is 0 Å². The molecule has 0 aliphatic carbocycles. The summed E-state index contributed by atoms with van der Waals surface area (Å²) < 4.78 is 56.3. The molecule has 1 heterocycles. The number of hydrogen-bond acceptors (Lipinski definition) is 4. The fourth-order valence-electron chi connectivity index (χ4n) is 2.68. The smallest absolute Gasteiger partial charge is 0.422 e. The molecule has 0 aliphatic rings. The third kappa shape index (κ3) is 5.25. The number of carboxylic acids is 1. The van der Waals surface area contributed by atoms with Crippen molar-refractivity contribution < 1.29 is 32.2 Å². The summed E-state index contributed by atoms with van der Waals surface area (Å²) in [5, 5.41) is 11.9. The number of nitrogens with zero attached hydrogens (tertiary/aromatic N) is 1. The van der Waals surface area contributed by atoms with Crippen LogP contribution in [0.1, 0.15) is 16.1 Å². The monoisotopic (exact) mass is 420 g/mol. The van der Waals surface area contributed by atoms with Crippen molar-refractivity contribution in [1.82, 2.24) is 4.98 Å². The lowest BCUT2D eigenvalue weighted by Gasteiger charge is -2.12. The summed E-state index contributed by atoms with van der Waals surface area (Å²) >= 11 is 0. The number of carboxylic acid groups (broad SMARTS) is 1. The highest BCUT2D eigenvalue weighted by Gasteiger charge is 2.28. The van der Waals surface area contributed by atoms with Crippen molar-refractivity contribution in [2.75, 3.05) is 11.9 Å². The highest BCUT2D eigenvalue weighted by atomic mass is 19.4. The second-order valence-electron chi connectivity index (χ2n) is 6.41. The molecule has 9 heteroatoms. The number of carbonyl (C=O) groups is 1. The molecule has 5 nitrogen and oxygen atoms in total. The lowest BCUT2D eigenvalue weighted by atomic mass is 10.0. The number of aryl methyl sites for hydroxylation is 1. The first-order valence-corrected chi connectivity index (χ1v) is 8.70. The molecule has 0 atom stereocenters. The van der Waals surface area contributed by atoms with Crippen LogP contribution in [0.3, 0.4) is 0 Å². The van der Waals surface area contributed by atoms with Crippen LogP contribution in [0.5, 0.6) is 5.75 Å². The van der Waals surface area contributed by atoms with Crippen molar-refractivity contribution in [2.24, 2.45) is 0 Å². The number of benzene rings is 2. The number of aromatic nitrogens is 1. The minimum Gasteiger partial charge on any atom is -0.484 e. The molecule has 0 amide bonds. The van der Waals surface area contributed by atoms with E-state index in [1.165, 1.54) is 42.5 Å². The number of rotatable bonds is 6. The van der Waals surface area contributed by atoms with E-state index in [1.54, 1.807) is 19.1 Å². The molecular weight excluding hydrogens is 404 g/mol. The summed E-state index contributed by atoms with van der Waals surface area (Å²) in [5.74, 6) is -1.90. The van der Waals surface area contributed by atoms with Gasteiger partial charge in [-0.15, -0.1) is 0 Å². The zero-order chi connectivity index (χ0) is 21.9. The van der Waals surface area contributed by atoms with Gasteiger partial charge in [0, 0.05) is 5.69 Å². The van der Waals surface area contributed by atoms with Crippen LogP contribution < -0.4 is 10.1 Å². The standard InChI is InChI=1S/C21H16F4N2O3/c1-12-5-7-16(20(28)29)19(26-12)27-18-8-6-14(10-17(18)22)13-3-2-4-15(9-13)30-11-21(23,24)25/h2-10H,11H2,1H3,(H,26,27)(H,28,29). The van der Waals surface area contributed by atoms with Crippen molar-refractivity contribution >= 4 is 17.5 Å². The number of halogens is 4. The summed E-state index contributed by atoms with van der Waals surface area (Å²) in [6, 6.07) is 12.9. The van der Waals surface area contributed by atoms with Crippen LogP contribution in [-0.2, 0) is 0 Å². The van der Waals surface area contributed by atoms with Gasteiger partial charge in [-0.1, -0.05) is 18.2 Å². The topological polar surface area (TPSA) is 71.5 Å². The van der Waals surface area contributed by atoms with Crippen LogP contribution in [-0.4, -0.2) is 28.8 Å². The van der Waals surface area contributed by atoms with E-state index in [4.69, 9.17) is 4.74 Å². The van der Waals surface area contributed by atoms with Crippen LogP contribution in [0, 0.1) is 12.7 Å². The minimum atomic E-state index is -4.46.